The summed E-state index contributed by atoms with van der Waals surface area (Å²) in [4.78, 5) is 17.5. The zero-order chi connectivity index (χ0) is 10.6. The molecular formula is C10H15O3P. The molecule has 0 aliphatic carbocycles. The minimum Gasteiger partial charge on any atom is -0.427 e. The second-order valence-corrected chi connectivity index (χ2v) is 4.24. The van der Waals surface area contributed by atoms with Crippen LogP contribution in [0.15, 0.2) is 24.3 Å². The van der Waals surface area contributed by atoms with Crippen molar-refractivity contribution < 1.29 is 14.3 Å². The van der Waals surface area contributed by atoms with Crippen LogP contribution < -0.4 is 4.52 Å². The van der Waals surface area contributed by atoms with Crippen LogP contribution in [0, 0.1) is 5.92 Å². The molecule has 1 aromatic carbocycles. The lowest BCUT2D eigenvalue weighted by atomic mass is 10.0. The van der Waals surface area contributed by atoms with Gasteiger partial charge in [0.15, 0.2) is 0 Å². The SMILES string of the molecule is CC(C)Cc1ccccc1OP(O)O. The van der Waals surface area contributed by atoms with Gasteiger partial charge in [-0.2, -0.15) is 0 Å². The summed E-state index contributed by atoms with van der Waals surface area (Å²) >= 11 is 0. The fourth-order valence-electron chi connectivity index (χ4n) is 1.29. The molecule has 0 unspecified atom stereocenters. The Morgan fingerprint density at radius 2 is 1.93 bits per heavy atom. The average molecular weight is 214 g/mol. The third-order valence-corrected chi connectivity index (χ3v) is 2.14. The van der Waals surface area contributed by atoms with Crippen molar-refractivity contribution in [1.29, 1.82) is 0 Å². The predicted octanol–water partition coefficient (Wildman–Crippen LogP) is 2.48. The van der Waals surface area contributed by atoms with Gasteiger partial charge in [-0.25, -0.2) is 0 Å². The van der Waals surface area contributed by atoms with Crippen molar-refractivity contribution in [2.24, 2.45) is 5.92 Å². The van der Waals surface area contributed by atoms with Crippen LogP contribution >= 0.6 is 8.60 Å². The number of rotatable bonds is 4. The minimum atomic E-state index is -2.32. The Morgan fingerprint density at radius 3 is 2.50 bits per heavy atom. The molecule has 0 saturated carbocycles. The summed E-state index contributed by atoms with van der Waals surface area (Å²) in [7, 11) is -2.32. The fraction of sp³-hybridized carbons (Fsp3) is 0.400. The molecule has 3 nitrogen and oxygen atoms in total. The van der Waals surface area contributed by atoms with Crippen LogP contribution in [0.25, 0.3) is 0 Å². The van der Waals surface area contributed by atoms with E-state index in [4.69, 9.17) is 14.3 Å². The van der Waals surface area contributed by atoms with Crippen LogP contribution in [-0.2, 0) is 6.42 Å². The molecule has 14 heavy (non-hydrogen) atoms. The molecule has 0 aromatic heterocycles. The van der Waals surface area contributed by atoms with Gasteiger partial charge >= 0.3 is 8.60 Å². The van der Waals surface area contributed by atoms with Gasteiger partial charge in [0.1, 0.15) is 5.75 Å². The molecule has 0 bridgehead atoms. The largest absolute Gasteiger partial charge is 0.427 e. The quantitative estimate of drug-likeness (QED) is 0.757. The molecule has 0 aliphatic heterocycles. The molecule has 0 amide bonds. The van der Waals surface area contributed by atoms with Gasteiger partial charge in [-0.1, -0.05) is 32.0 Å². The maximum atomic E-state index is 8.76. The zero-order valence-electron chi connectivity index (χ0n) is 8.34. The van der Waals surface area contributed by atoms with Crippen LogP contribution in [0.4, 0.5) is 0 Å². The first kappa shape index (κ1) is 11.4. The maximum Gasteiger partial charge on any atom is 0.391 e. The standard InChI is InChI=1S/C10H15O3P/c1-8(2)7-9-5-3-4-6-10(9)13-14(11)12/h3-6,8,11-12H,7H2,1-2H3. The van der Waals surface area contributed by atoms with Gasteiger partial charge < -0.3 is 14.3 Å². The predicted molar refractivity (Wildman–Crippen MR) is 57.0 cm³/mol. The second-order valence-electron chi connectivity index (χ2n) is 3.55. The monoisotopic (exact) mass is 214 g/mol. The summed E-state index contributed by atoms with van der Waals surface area (Å²) < 4.78 is 4.92. The van der Waals surface area contributed by atoms with Crippen molar-refractivity contribution in [2.75, 3.05) is 0 Å². The van der Waals surface area contributed by atoms with E-state index in [0.717, 1.165) is 12.0 Å². The van der Waals surface area contributed by atoms with E-state index in [1.54, 1.807) is 6.07 Å². The topological polar surface area (TPSA) is 49.7 Å². The molecule has 1 rings (SSSR count). The molecule has 0 radical (unpaired) electrons. The summed E-state index contributed by atoms with van der Waals surface area (Å²) in [6.07, 6.45) is 0.874. The Kier molecular flexibility index (Phi) is 4.33. The van der Waals surface area contributed by atoms with Crippen LogP contribution in [0.3, 0.4) is 0 Å². The van der Waals surface area contributed by atoms with Crippen molar-refractivity contribution in [1.82, 2.24) is 0 Å². The van der Waals surface area contributed by atoms with Crippen LogP contribution in [0.1, 0.15) is 19.4 Å². The molecule has 4 heteroatoms. The summed E-state index contributed by atoms with van der Waals surface area (Å²) in [5.41, 5.74) is 1.01. The highest BCUT2D eigenvalue weighted by Crippen LogP contribution is 2.32. The Hall–Kier alpha value is -0.630. The molecule has 0 saturated heterocycles. The summed E-state index contributed by atoms with van der Waals surface area (Å²) in [5.74, 6) is 1.08. The van der Waals surface area contributed by atoms with E-state index < -0.39 is 8.60 Å². The van der Waals surface area contributed by atoms with Crippen molar-refractivity contribution in [3.8, 4) is 5.75 Å². The van der Waals surface area contributed by atoms with E-state index in [-0.39, 0.29) is 0 Å². The molecule has 0 atom stereocenters. The highest BCUT2D eigenvalue weighted by atomic mass is 31.2. The zero-order valence-corrected chi connectivity index (χ0v) is 9.24. The van der Waals surface area contributed by atoms with E-state index >= 15 is 0 Å². The van der Waals surface area contributed by atoms with Gasteiger partial charge in [-0.3, -0.25) is 0 Å². The highest BCUT2D eigenvalue weighted by Gasteiger charge is 2.08. The number of hydrogen-bond donors (Lipinski definition) is 2. The minimum absolute atomic E-state index is 0.517. The second kappa shape index (κ2) is 5.30. The van der Waals surface area contributed by atoms with E-state index in [2.05, 4.69) is 13.8 Å². The van der Waals surface area contributed by atoms with Crippen molar-refractivity contribution in [2.45, 2.75) is 20.3 Å². The Bertz CT molecular complexity index is 257. The van der Waals surface area contributed by atoms with Gasteiger partial charge in [0.25, 0.3) is 0 Å². The molecule has 0 fully saturated rings. The highest BCUT2D eigenvalue weighted by molar-refractivity contribution is 7.39. The molecular weight excluding hydrogens is 199 g/mol. The first-order chi connectivity index (χ1) is 6.59. The number of para-hydroxylation sites is 1. The Morgan fingerprint density at radius 1 is 1.29 bits per heavy atom. The Balaban J connectivity index is 2.80. The lowest BCUT2D eigenvalue weighted by Crippen LogP contribution is -1.97. The lowest BCUT2D eigenvalue weighted by Gasteiger charge is -2.12. The van der Waals surface area contributed by atoms with Gasteiger partial charge in [0, 0.05) is 0 Å². The number of benzene rings is 1. The molecule has 0 heterocycles. The molecule has 0 aliphatic rings. The molecule has 78 valence electrons. The van der Waals surface area contributed by atoms with Crippen molar-refractivity contribution in [3.05, 3.63) is 29.8 Å². The average Bonchev–Trinajstić information content (AvgIpc) is 2.06. The fourth-order valence-corrected chi connectivity index (χ4v) is 1.64. The summed E-state index contributed by atoms with van der Waals surface area (Å²) in [6, 6.07) is 7.42. The lowest BCUT2D eigenvalue weighted by molar-refractivity contribution is 0.372. The van der Waals surface area contributed by atoms with E-state index in [0.29, 0.717) is 11.7 Å². The van der Waals surface area contributed by atoms with Crippen LogP contribution in [-0.4, -0.2) is 9.79 Å². The van der Waals surface area contributed by atoms with Gasteiger partial charge in [-0.15, -0.1) is 0 Å². The molecule has 2 N–H and O–H groups in total. The number of hydrogen-bond acceptors (Lipinski definition) is 3. The van der Waals surface area contributed by atoms with Crippen molar-refractivity contribution in [3.63, 3.8) is 0 Å². The van der Waals surface area contributed by atoms with Gasteiger partial charge in [-0.05, 0) is 24.0 Å². The van der Waals surface area contributed by atoms with E-state index in [9.17, 15) is 0 Å². The molecule has 1 aromatic rings. The summed E-state index contributed by atoms with van der Waals surface area (Å²) in [6.45, 7) is 4.22. The normalized spacial score (nSPS) is 11.0. The first-order valence-electron chi connectivity index (χ1n) is 4.53. The third-order valence-electron chi connectivity index (χ3n) is 1.78. The molecule has 0 spiro atoms. The smallest absolute Gasteiger partial charge is 0.391 e. The van der Waals surface area contributed by atoms with E-state index in [1.807, 2.05) is 18.2 Å². The third kappa shape index (κ3) is 3.62. The van der Waals surface area contributed by atoms with Crippen molar-refractivity contribution >= 4 is 8.60 Å². The summed E-state index contributed by atoms with van der Waals surface area (Å²) in [5, 5.41) is 0. The van der Waals surface area contributed by atoms with Gasteiger partial charge in [0.2, 0.25) is 0 Å². The maximum absolute atomic E-state index is 8.76. The van der Waals surface area contributed by atoms with Crippen LogP contribution in [0.5, 0.6) is 5.75 Å². The van der Waals surface area contributed by atoms with Gasteiger partial charge in [0.05, 0.1) is 0 Å². The first-order valence-corrected chi connectivity index (χ1v) is 5.70. The Labute approximate surface area is 85.4 Å². The van der Waals surface area contributed by atoms with E-state index in [1.165, 1.54) is 0 Å². The van der Waals surface area contributed by atoms with Crippen LogP contribution in [0.2, 0.25) is 0 Å².